The lowest BCUT2D eigenvalue weighted by atomic mass is 10.0. The topological polar surface area (TPSA) is 136 Å². The van der Waals surface area contributed by atoms with Crippen LogP contribution in [0.25, 0.3) is 0 Å². The van der Waals surface area contributed by atoms with Crippen molar-refractivity contribution < 1.29 is 19.7 Å². The van der Waals surface area contributed by atoms with Crippen molar-refractivity contribution in [1.29, 1.82) is 0 Å². The van der Waals surface area contributed by atoms with Gasteiger partial charge >= 0.3 is 5.69 Å². The Morgan fingerprint density at radius 2 is 1.21 bits per heavy atom. The van der Waals surface area contributed by atoms with Gasteiger partial charge in [-0.2, -0.15) is 0 Å². The molecular formula is C25H41N3O6. The Morgan fingerprint density at radius 3 is 1.62 bits per heavy atom. The van der Waals surface area contributed by atoms with E-state index >= 15 is 0 Å². The van der Waals surface area contributed by atoms with E-state index in [2.05, 4.69) is 12.2 Å². The second kappa shape index (κ2) is 17.7. The fraction of sp³-hybridized carbons (Fsp3) is 0.720. The first-order valence-corrected chi connectivity index (χ1v) is 12.8. The molecule has 1 amide bonds. The van der Waals surface area contributed by atoms with Gasteiger partial charge in [0.2, 0.25) is 5.75 Å². The maximum absolute atomic E-state index is 12.3. The Balaban J connectivity index is 2.10. The Labute approximate surface area is 202 Å². The minimum Gasteiger partial charge on any atom is -0.502 e. The quantitative estimate of drug-likeness (QED) is 0.115. The van der Waals surface area contributed by atoms with Crippen molar-refractivity contribution in [3.05, 3.63) is 37.9 Å². The van der Waals surface area contributed by atoms with Gasteiger partial charge < -0.3 is 10.4 Å². The predicted octanol–water partition coefficient (Wildman–Crippen LogP) is 7.20. The van der Waals surface area contributed by atoms with E-state index in [9.17, 15) is 30.1 Å². The molecule has 9 heteroatoms. The van der Waals surface area contributed by atoms with Gasteiger partial charge in [0.15, 0.2) is 0 Å². The number of nitrogens with zero attached hydrogens (tertiary/aromatic N) is 2. The number of phenols is 1. The van der Waals surface area contributed by atoms with Gasteiger partial charge in [-0.3, -0.25) is 25.0 Å². The van der Waals surface area contributed by atoms with Gasteiger partial charge in [-0.15, -0.1) is 0 Å². The van der Waals surface area contributed by atoms with E-state index in [1.807, 2.05) is 0 Å². The molecule has 192 valence electrons. The number of nitrogens with one attached hydrogen (secondary N) is 1. The summed E-state index contributed by atoms with van der Waals surface area (Å²) in [5.41, 5.74) is -1.93. The number of phenolic OH excluding ortho intramolecular Hbond substituents is 1. The van der Waals surface area contributed by atoms with Crippen LogP contribution in [0.1, 0.15) is 120 Å². The van der Waals surface area contributed by atoms with Gasteiger partial charge in [0, 0.05) is 12.6 Å². The monoisotopic (exact) mass is 479 g/mol. The zero-order valence-electron chi connectivity index (χ0n) is 20.6. The molecular weight excluding hydrogens is 438 g/mol. The second-order valence-corrected chi connectivity index (χ2v) is 8.93. The molecule has 1 aromatic rings. The average Bonchev–Trinajstić information content (AvgIpc) is 2.80. The number of amides is 1. The maximum Gasteiger partial charge on any atom is 0.318 e. The van der Waals surface area contributed by atoms with Crippen molar-refractivity contribution in [2.45, 2.75) is 110 Å². The molecule has 0 saturated carbocycles. The van der Waals surface area contributed by atoms with Crippen molar-refractivity contribution in [2.24, 2.45) is 0 Å². The number of hydrogen-bond donors (Lipinski definition) is 2. The van der Waals surface area contributed by atoms with Crippen LogP contribution in [-0.2, 0) is 0 Å². The zero-order chi connectivity index (χ0) is 25.2. The minimum absolute atomic E-state index is 0.340. The van der Waals surface area contributed by atoms with Gasteiger partial charge in [-0.05, 0) is 6.42 Å². The van der Waals surface area contributed by atoms with Gasteiger partial charge in [0.1, 0.15) is 0 Å². The summed E-state index contributed by atoms with van der Waals surface area (Å²) in [6, 6.07) is 1.49. The zero-order valence-corrected chi connectivity index (χ0v) is 20.6. The van der Waals surface area contributed by atoms with E-state index in [1.54, 1.807) is 0 Å². The first kappa shape index (κ1) is 29.3. The first-order valence-electron chi connectivity index (χ1n) is 12.8. The standard InChI is InChI=1S/C25H41N3O6/c1-2-3-4-5-6-7-8-9-10-11-12-13-14-15-16-17-18-26-25(30)22-19-21(27(31)32)20-23(24(22)29)28(33)34/h19-20,29H,2-18H2,1H3,(H,26,30). The van der Waals surface area contributed by atoms with E-state index in [0.717, 1.165) is 31.7 Å². The third-order valence-corrected chi connectivity index (χ3v) is 6.04. The van der Waals surface area contributed by atoms with Gasteiger partial charge in [-0.1, -0.05) is 103 Å². The van der Waals surface area contributed by atoms with Crippen LogP contribution in [0, 0.1) is 20.2 Å². The summed E-state index contributed by atoms with van der Waals surface area (Å²) in [4.78, 5) is 32.4. The number of carbonyl (C=O) groups excluding carboxylic acids is 1. The van der Waals surface area contributed by atoms with Crippen LogP contribution in [-0.4, -0.2) is 27.4 Å². The number of unbranched alkanes of at least 4 members (excludes halogenated alkanes) is 15. The molecule has 1 aromatic carbocycles. The number of rotatable bonds is 20. The average molecular weight is 480 g/mol. The molecule has 0 radical (unpaired) electrons. The lowest BCUT2D eigenvalue weighted by Crippen LogP contribution is -2.24. The molecule has 0 aromatic heterocycles. The molecule has 0 unspecified atom stereocenters. The van der Waals surface area contributed by atoms with Crippen molar-refractivity contribution in [2.75, 3.05) is 6.54 Å². The molecule has 0 aliphatic heterocycles. The Bertz CT molecular complexity index is 769. The van der Waals surface area contributed by atoms with Crippen LogP contribution in [0.2, 0.25) is 0 Å². The van der Waals surface area contributed by atoms with Crippen LogP contribution >= 0.6 is 0 Å². The molecule has 34 heavy (non-hydrogen) atoms. The van der Waals surface area contributed by atoms with Gasteiger partial charge in [-0.25, -0.2) is 0 Å². The summed E-state index contributed by atoms with van der Waals surface area (Å²) < 4.78 is 0. The number of nitro groups is 2. The highest BCUT2D eigenvalue weighted by Crippen LogP contribution is 2.34. The SMILES string of the molecule is CCCCCCCCCCCCCCCCCCNC(=O)c1cc([N+](=O)[O-])cc([N+](=O)[O-])c1O. The summed E-state index contributed by atoms with van der Waals surface area (Å²) in [6.07, 6.45) is 19.9. The molecule has 0 aliphatic rings. The second-order valence-electron chi connectivity index (χ2n) is 8.93. The lowest BCUT2D eigenvalue weighted by molar-refractivity contribution is -0.394. The number of carbonyl (C=O) groups is 1. The molecule has 0 spiro atoms. The minimum atomic E-state index is -0.950. The normalized spacial score (nSPS) is 10.9. The van der Waals surface area contributed by atoms with Crippen LogP contribution in [0.15, 0.2) is 12.1 Å². The number of aromatic hydroxyl groups is 1. The molecule has 0 aliphatic carbocycles. The summed E-state index contributed by atoms with van der Waals surface area (Å²) in [5.74, 6) is -1.62. The highest BCUT2D eigenvalue weighted by molar-refractivity contribution is 5.98. The summed E-state index contributed by atoms with van der Waals surface area (Å²) in [6.45, 7) is 2.59. The molecule has 0 atom stereocenters. The third-order valence-electron chi connectivity index (χ3n) is 6.04. The molecule has 1 rings (SSSR count). The van der Waals surface area contributed by atoms with E-state index < -0.39 is 38.4 Å². The molecule has 9 nitrogen and oxygen atoms in total. The van der Waals surface area contributed by atoms with E-state index in [4.69, 9.17) is 0 Å². The Hall–Kier alpha value is -2.71. The smallest absolute Gasteiger partial charge is 0.318 e. The largest absolute Gasteiger partial charge is 0.502 e. The molecule has 0 bridgehead atoms. The van der Waals surface area contributed by atoms with Gasteiger partial charge in [0.05, 0.1) is 21.5 Å². The predicted molar refractivity (Wildman–Crippen MR) is 133 cm³/mol. The van der Waals surface area contributed by atoms with Crippen molar-refractivity contribution in [1.82, 2.24) is 5.32 Å². The van der Waals surface area contributed by atoms with Crippen LogP contribution < -0.4 is 5.32 Å². The van der Waals surface area contributed by atoms with Crippen LogP contribution in [0.4, 0.5) is 11.4 Å². The highest BCUT2D eigenvalue weighted by Gasteiger charge is 2.27. The third kappa shape index (κ3) is 12.0. The Morgan fingerprint density at radius 1 is 0.765 bits per heavy atom. The first-order chi connectivity index (χ1) is 16.4. The number of hydrogen-bond acceptors (Lipinski definition) is 6. The summed E-state index contributed by atoms with van der Waals surface area (Å²) in [5, 5.41) is 34.5. The molecule has 0 heterocycles. The fourth-order valence-electron chi connectivity index (χ4n) is 3.99. The van der Waals surface area contributed by atoms with E-state index in [1.165, 1.54) is 77.0 Å². The number of nitro benzene ring substituents is 2. The van der Waals surface area contributed by atoms with Crippen LogP contribution in [0.3, 0.4) is 0 Å². The molecule has 0 fully saturated rings. The van der Waals surface area contributed by atoms with E-state index in [-0.39, 0.29) is 0 Å². The van der Waals surface area contributed by atoms with Crippen molar-refractivity contribution in [3.63, 3.8) is 0 Å². The number of benzene rings is 1. The van der Waals surface area contributed by atoms with Crippen LogP contribution in [0.5, 0.6) is 5.75 Å². The highest BCUT2D eigenvalue weighted by atomic mass is 16.6. The van der Waals surface area contributed by atoms with Gasteiger partial charge in [0.25, 0.3) is 11.6 Å². The molecule has 0 saturated heterocycles. The van der Waals surface area contributed by atoms with E-state index in [0.29, 0.717) is 12.6 Å². The fourth-order valence-corrected chi connectivity index (χ4v) is 3.99. The molecule has 2 N–H and O–H groups in total. The lowest BCUT2D eigenvalue weighted by Gasteiger charge is -2.07. The maximum atomic E-state index is 12.3. The summed E-state index contributed by atoms with van der Waals surface area (Å²) >= 11 is 0. The number of non-ortho nitro benzene ring substituents is 1. The Kier molecular flexibility index (Phi) is 15.3. The van der Waals surface area contributed by atoms with Crippen molar-refractivity contribution >= 4 is 17.3 Å². The van der Waals surface area contributed by atoms with Crippen molar-refractivity contribution in [3.8, 4) is 5.75 Å². The summed E-state index contributed by atoms with van der Waals surface area (Å²) in [7, 11) is 0.